The zero-order valence-corrected chi connectivity index (χ0v) is 17.4. The van der Waals surface area contributed by atoms with E-state index in [0.717, 1.165) is 63.2 Å². The molecule has 1 amide bonds. The van der Waals surface area contributed by atoms with Crippen LogP contribution in [0.15, 0.2) is 35.7 Å². The zero-order chi connectivity index (χ0) is 19.4. The molecule has 2 aliphatic rings. The first kappa shape index (κ1) is 19.6. The van der Waals surface area contributed by atoms with Crippen LogP contribution in [0.1, 0.15) is 36.0 Å². The number of hydrogen-bond acceptors (Lipinski definition) is 5. The van der Waals surface area contributed by atoms with Gasteiger partial charge in [-0.2, -0.15) is 0 Å². The van der Waals surface area contributed by atoms with E-state index in [1.54, 1.807) is 11.3 Å². The van der Waals surface area contributed by atoms with Gasteiger partial charge in [-0.3, -0.25) is 9.69 Å². The van der Waals surface area contributed by atoms with E-state index in [0.29, 0.717) is 13.2 Å². The van der Waals surface area contributed by atoms with Crippen LogP contribution in [-0.4, -0.2) is 60.1 Å². The minimum Gasteiger partial charge on any atom is -0.381 e. The van der Waals surface area contributed by atoms with Crippen LogP contribution in [0.3, 0.4) is 0 Å². The molecule has 2 fully saturated rings. The van der Waals surface area contributed by atoms with Gasteiger partial charge < -0.3 is 9.64 Å². The van der Waals surface area contributed by atoms with Gasteiger partial charge in [0.1, 0.15) is 0 Å². The van der Waals surface area contributed by atoms with Crippen LogP contribution in [0, 0.1) is 0 Å². The largest absolute Gasteiger partial charge is 0.381 e. The number of benzene rings is 1. The summed E-state index contributed by atoms with van der Waals surface area (Å²) >= 11 is 1.75. The number of ether oxygens (including phenoxy) is 1. The van der Waals surface area contributed by atoms with Crippen LogP contribution in [0.5, 0.6) is 0 Å². The molecular formula is C22H29N3O2S. The fourth-order valence-corrected chi connectivity index (χ4v) is 5.06. The van der Waals surface area contributed by atoms with Crippen molar-refractivity contribution in [1.29, 1.82) is 0 Å². The van der Waals surface area contributed by atoms with Gasteiger partial charge in [0.05, 0.1) is 16.1 Å². The predicted molar refractivity (Wildman–Crippen MR) is 112 cm³/mol. The molecule has 0 bridgehead atoms. The molecule has 0 N–H and O–H groups in total. The van der Waals surface area contributed by atoms with Gasteiger partial charge >= 0.3 is 0 Å². The molecule has 2 aromatic rings. The van der Waals surface area contributed by atoms with Crippen molar-refractivity contribution in [2.75, 3.05) is 39.4 Å². The fourth-order valence-electron chi connectivity index (χ4n) is 4.33. The highest BCUT2D eigenvalue weighted by Crippen LogP contribution is 2.37. The van der Waals surface area contributed by atoms with Gasteiger partial charge in [0.2, 0.25) is 5.91 Å². The second-order valence-corrected chi connectivity index (χ2v) is 8.66. The summed E-state index contributed by atoms with van der Waals surface area (Å²) in [5.41, 5.74) is 1.87. The quantitative estimate of drug-likeness (QED) is 0.775. The maximum atomic E-state index is 13.6. The average molecular weight is 400 g/mol. The Morgan fingerprint density at radius 2 is 1.86 bits per heavy atom. The summed E-state index contributed by atoms with van der Waals surface area (Å²) in [4.78, 5) is 22.8. The maximum Gasteiger partial charge on any atom is 0.233 e. The minimum absolute atomic E-state index is 0.281. The minimum atomic E-state index is -0.424. The lowest BCUT2D eigenvalue weighted by atomic mass is 9.73. The Labute approximate surface area is 171 Å². The lowest BCUT2D eigenvalue weighted by Gasteiger charge is -2.43. The molecule has 5 nitrogen and oxygen atoms in total. The maximum absolute atomic E-state index is 13.6. The molecule has 28 heavy (non-hydrogen) atoms. The van der Waals surface area contributed by atoms with E-state index in [-0.39, 0.29) is 5.91 Å². The Bertz CT molecular complexity index is 778. The smallest absolute Gasteiger partial charge is 0.233 e. The Morgan fingerprint density at radius 1 is 1.14 bits per heavy atom. The first-order valence-electron chi connectivity index (χ1n) is 10.3. The van der Waals surface area contributed by atoms with Crippen LogP contribution in [-0.2, 0) is 27.9 Å². The van der Waals surface area contributed by atoms with Crippen molar-refractivity contribution >= 4 is 17.2 Å². The molecule has 150 valence electrons. The van der Waals surface area contributed by atoms with Gasteiger partial charge in [-0.05, 0) is 24.8 Å². The molecule has 6 heteroatoms. The van der Waals surface area contributed by atoms with Gasteiger partial charge in [-0.15, -0.1) is 11.3 Å². The zero-order valence-electron chi connectivity index (χ0n) is 16.6. The first-order valence-corrected chi connectivity index (χ1v) is 11.2. The van der Waals surface area contributed by atoms with Crippen molar-refractivity contribution in [2.24, 2.45) is 0 Å². The van der Waals surface area contributed by atoms with E-state index >= 15 is 0 Å². The number of hydrogen-bond donors (Lipinski definition) is 0. The SMILES string of the molecule is CCc1nc(CN2CCN(C(=O)C3(c4ccccc4)CCOCC3)CC2)cs1. The Morgan fingerprint density at radius 3 is 2.50 bits per heavy atom. The van der Waals surface area contributed by atoms with E-state index in [2.05, 4.69) is 39.2 Å². The number of amides is 1. The molecule has 3 heterocycles. The molecule has 0 aliphatic carbocycles. The monoisotopic (exact) mass is 399 g/mol. The van der Waals surface area contributed by atoms with Crippen molar-refractivity contribution in [1.82, 2.24) is 14.8 Å². The summed E-state index contributed by atoms with van der Waals surface area (Å²) in [5, 5.41) is 3.37. The Balaban J connectivity index is 1.42. The third kappa shape index (κ3) is 4.00. The number of carbonyl (C=O) groups excluding carboxylic acids is 1. The molecule has 2 aliphatic heterocycles. The number of nitrogens with zero attached hydrogens (tertiary/aromatic N) is 3. The van der Waals surface area contributed by atoms with Gasteiger partial charge in [0.15, 0.2) is 0 Å². The highest BCUT2D eigenvalue weighted by atomic mass is 32.1. The number of carbonyl (C=O) groups is 1. The Hall–Kier alpha value is -1.76. The summed E-state index contributed by atoms with van der Waals surface area (Å²) in [6.07, 6.45) is 2.54. The van der Waals surface area contributed by atoms with E-state index < -0.39 is 5.41 Å². The molecule has 0 atom stereocenters. The highest BCUT2D eigenvalue weighted by molar-refractivity contribution is 7.09. The molecule has 2 saturated heterocycles. The summed E-state index contributed by atoms with van der Waals surface area (Å²) in [6.45, 7) is 7.74. The predicted octanol–water partition coefficient (Wildman–Crippen LogP) is 3.10. The molecule has 0 unspecified atom stereocenters. The van der Waals surface area contributed by atoms with Crippen LogP contribution >= 0.6 is 11.3 Å². The molecule has 0 spiro atoms. The standard InChI is InChI=1S/C22H29N3O2S/c1-2-20-23-19(17-28-20)16-24-10-12-25(13-11-24)21(26)22(8-14-27-15-9-22)18-6-4-3-5-7-18/h3-7,17H,2,8-16H2,1H3. The fraction of sp³-hybridized carbons (Fsp3) is 0.545. The van der Waals surface area contributed by atoms with Gasteiger partial charge in [-0.1, -0.05) is 37.3 Å². The molecule has 1 aromatic carbocycles. The van der Waals surface area contributed by atoms with E-state index in [9.17, 15) is 4.79 Å². The molecule has 0 saturated carbocycles. The van der Waals surface area contributed by atoms with Gasteiger partial charge in [-0.25, -0.2) is 4.98 Å². The van der Waals surface area contributed by atoms with E-state index in [4.69, 9.17) is 4.74 Å². The van der Waals surface area contributed by atoms with Gasteiger partial charge in [0.25, 0.3) is 0 Å². The van der Waals surface area contributed by atoms with Crippen molar-refractivity contribution in [2.45, 2.75) is 38.1 Å². The topological polar surface area (TPSA) is 45.7 Å². The number of aromatic nitrogens is 1. The summed E-state index contributed by atoms with van der Waals surface area (Å²) < 4.78 is 5.59. The van der Waals surface area contributed by atoms with E-state index in [1.807, 2.05) is 18.2 Å². The third-order valence-electron chi connectivity index (χ3n) is 6.03. The van der Waals surface area contributed by atoms with Crippen LogP contribution in [0.25, 0.3) is 0 Å². The number of aryl methyl sites for hydroxylation is 1. The third-order valence-corrected chi connectivity index (χ3v) is 7.07. The Kier molecular flexibility index (Phi) is 6.09. The number of piperazine rings is 1. The molecule has 0 radical (unpaired) electrons. The number of rotatable bonds is 5. The van der Waals surface area contributed by atoms with Crippen molar-refractivity contribution in [3.05, 3.63) is 52.0 Å². The molecular weight excluding hydrogens is 370 g/mol. The van der Waals surface area contributed by atoms with Crippen LogP contribution in [0.4, 0.5) is 0 Å². The lowest BCUT2D eigenvalue weighted by Crippen LogP contribution is -2.55. The second-order valence-electron chi connectivity index (χ2n) is 7.71. The van der Waals surface area contributed by atoms with E-state index in [1.165, 1.54) is 5.01 Å². The average Bonchev–Trinajstić information content (AvgIpc) is 3.22. The summed E-state index contributed by atoms with van der Waals surface area (Å²) in [5.74, 6) is 0.281. The van der Waals surface area contributed by atoms with Crippen molar-refractivity contribution < 1.29 is 9.53 Å². The van der Waals surface area contributed by atoms with Crippen molar-refractivity contribution in [3.8, 4) is 0 Å². The normalized spacial score (nSPS) is 20.2. The lowest BCUT2D eigenvalue weighted by molar-refractivity contribution is -0.143. The molecule has 1 aromatic heterocycles. The molecule has 4 rings (SSSR count). The summed E-state index contributed by atoms with van der Waals surface area (Å²) in [7, 11) is 0. The summed E-state index contributed by atoms with van der Waals surface area (Å²) in [6, 6.07) is 10.3. The first-order chi connectivity index (χ1) is 13.7. The van der Waals surface area contributed by atoms with Crippen LogP contribution < -0.4 is 0 Å². The highest BCUT2D eigenvalue weighted by Gasteiger charge is 2.44. The van der Waals surface area contributed by atoms with Crippen molar-refractivity contribution in [3.63, 3.8) is 0 Å². The van der Waals surface area contributed by atoms with Gasteiger partial charge in [0, 0.05) is 51.3 Å². The second kappa shape index (κ2) is 8.72. The van der Waals surface area contributed by atoms with Crippen LogP contribution in [0.2, 0.25) is 0 Å². The number of thiazole rings is 1.